The quantitative estimate of drug-likeness (QED) is 0.572. The van der Waals surface area contributed by atoms with Crippen LogP contribution in [0.2, 0.25) is 0 Å². The molecule has 0 saturated carbocycles. The van der Waals surface area contributed by atoms with Crippen molar-refractivity contribution in [2.24, 2.45) is 0 Å². The van der Waals surface area contributed by atoms with Crippen LogP contribution in [-0.2, 0) is 19.0 Å². The average molecular weight is 256 g/mol. The first kappa shape index (κ1) is 13.8. The summed E-state index contributed by atoms with van der Waals surface area (Å²) < 4.78 is 16.9. The zero-order valence-corrected chi connectivity index (χ0v) is 11.9. The van der Waals surface area contributed by atoms with Gasteiger partial charge in [-0.3, -0.25) is 0 Å². The Bertz CT molecular complexity index is 339. The lowest BCUT2D eigenvalue weighted by Crippen LogP contribution is -2.45. The van der Waals surface area contributed by atoms with Gasteiger partial charge in [-0.15, -0.1) is 0 Å². The summed E-state index contributed by atoms with van der Waals surface area (Å²) >= 11 is 0. The Morgan fingerprint density at radius 3 is 2.61 bits per heavy atom. The number of hydrogen-bond acceptors (Lipinski definition) is 4. The van der Waals surface area contributed by atoms with Gasteiger partial charge in [-0.2, -0.15) is 0 Å². The van der Waals surface area contributed by atoms with Crippen LogP contribution in [0.25, 0.3) is 0 Å². The number of carbonyl (C=O) groups is 1. The van der Waals surface area contributed by atoms with E-state index < -0.39 is 5.60 Å². The highest BCUT2D eigenvalue weighted by molar-refractivity contribution is 5.85. The van der Waals surface area contributed by atoms with Crippen LogP contribution < -0.4 is 0 Å². The Morgan fingerprint density at radius 2 is 2.06 bits per heavy atom. The van der Waals surface area contributed by atoms with E-state index in [-0.39, 0.29) is 17.2 Å². The van der Waals surface area contributed by atoms with Gasteiger partial charge in [-0.05, 0) is 27.2 Å². The first-order valence-corrected chi connectivity index (χ1v) is 6.93. The lowest BCUT2D eigenvalue weighted by molar-refractivity contribution is -0.150. The monoisotopic (exact) mass is 256 g/mol. The molecule has 2 unspecified atom stereocenters. The fourth-order valence-electron chi connectivity index (χ4n) is 3.27. The van der Waals surface area contributed by atoms with Gasteiger partial charge in [-0.1, -0.05) is 13.3 Å². The summed E-state index contributed by atoms with van der Waals surface area (Å²) in [5.41, 5.74) is -1.28. The van der Waals surface area contributed by atoms with Crippen LogP contribution in [0.15, 0.2) is 0 Å². The van der Waals surface area contributed by atoms with Gasteiger partial charge in [0.2, 0.25) is 0 Å². The largest absolute Gasteiger partial charge is 0.464 e. The van der Waals surface area contributed by atoms with E-state index >= 15 is 0 Å². The second-order valence-electron chi connectivity index (χ2n) is 5.93. The van der Waals surface area contributed by atoms with Crippen molar-refractivity contribution in [1.82, 2.24) is 0 Å². The highest BCUT2D eigenvalue weighted by Gasteiger charge is 2.76. The summed E-state index contributed by atoms with van der Waals surface area (Å²) in [4.78, 5) is 12.2. The van der Waals surface area contributed by atoms with E-state index in [1.54, 1.807) is 0 Å². The molecule has 0 aromatic rings. The van der Waals surface area contributed by atoms with E-state index in [1.165, 1.54) is 0 Å². The van der Waals surface area contributed by atoms with Crippen molar-refractivity contribution in [2.45, 2.75) is 70.2 Å². The number of ether oxygens (including phenoxy) is 3. The second kappa shape index (κ2) is 4.49. The summed E-state index contributed by atoms with van der Waals surface area (Å²) in [5.74, 6) is -0.190. The fourth-order valence-corrected chi connectivity index (χ4v) is 3.27. The highest BCUT2D eigenvalue weighted by atomic mass is 16.7. The lowest BCUT2D eigenvalue weighted by atomic mass is 9.78. The molecule has 2 atom stereocenters. The Kier molecular flexibility index (Phi) is 3.45. The third-order valence-corrected chi connectivity index (χ3v) is 3.98. The summed E-state index contributed by atoms with van der Waals surface area (Å²) in [6.07, 6.45) is 3.21. The number of epoxide rings is 1. The molecule has 0 radical (unpaired) electrons. The highest BCUT2D eigenvalue weighted by Crippen LogP contribution is 2.60. The minimum atomic E-state index is -0.710. The van der Waals surface area contributed by atoms with Gasteiger partial charge in [-0.25, -0.2) is 4.79 Å². The molecule has 104 valence electrons. The Hall–Kier alpha value is -0.610. The van der Waals surface area contributed by atoms with Crippen LogP contribution in [0, 0.1) is 0 Å². The van der Waals surface area contributed by atoms with Crippen molar-refractivity contribution in [3.8, 4) is 0 Å². The minimum absolute atomic E-state index is 0.190. The van der Waals surface area contributed by atoms with Crippen molar-refractivity contribution in [3.63, 3.8) is 0 Å². The van der Waals surface area contributed by atoms with Gasteiger partial charge in [0.1, 0.15) is 5.60 Å². The smallest absolute Gasteiger partial charge is 0.341 e. The molecule has 0 bridgehead atoms. The number of carbonyl (C=O) groups excluding carboxylic acids is 1. The maximum atomic E-state index is 12.2. The zero-order chi connectivity index (χ0) is 13.4. The molecule has 1 spiro atoms. The van der Waals surface area contributed by atoms with E-state index in [1.807, 2.05) is 6.92 Å². The molecule has 2 aliphatic rings. The van der Waals surface area contributed by atoms with Gasteiger partial charge in [0.25, 0.3) is 0 Å². The maximum Gasteiger partial charge on any atom is 0.341 e. The van der Waals surface area contributed by atoms with Crippen LogP contribution in [0.3, 0.4) is 0 Å². The summed E-state index contributed by atoms with van der Waals surface area (Å²) in [6.45, 7) is 9.07. The second-order valence-corrected chi connectivity index (χ2v) is 5.93. The van der Waals surface area contributed by atoms with Crippen LogP contribution in [0.4, 0.5) is 0 Å². The molecule has 0 aliphatic carbocycles. The maximum absolute atomic E-state index is 12.2. The molecule has 0 aromatic heterocycles. The molecule has 2 aliphatic heterocycles. The van der Waals surface area contributed by atoms with Gasteiger partial charge in [0, 0.05) is 12.8 Å². The first-order chi connectivity index (χ1) is 8.41. The SMILES string of the molecule is CCCC1(C(=O)OCC)OC12CCOC(C)(C)C2. The zero-order valence-electron chi connectivity index (χ0n) is 11.9. The van der Waals surface area contributed by atoms with Crippen molar-refractivity contribution in [1.29, 1.82) is 0 Å². The molecular weight excluding hydrogens is 232 g/mol. The molecule has 2 rings (SSSR count). The van der Waals surface area contributed by atoms with E-state index in [2.05, 4.69) is 20.8 Å². The van der Waals surface area contributed by atoms with Gasteiger partial charge >= 0.3 is 5.97 Å². The Morgan fingerprint density at radius 1 is 1.33 bits per heavy atom. The number of rotatable bonds is 4. The summed E-state index contributed by atoms with van der Waals surface area (Å²) in [7, 11) is 0. The predicted octanol–water partition coefficient (Wildman–Crippen LogP) is 2.45. The lowest BCUT2D eigenvalue weighted by Gasteiger charge is -2.35. The Balaban J connectivity index is 2.17. The van der Waals surface area contributed by atoms with Crippen LogP contribution in [-0.4, -0.2) is 36.0 Å². The molecule has 0 N–H and O–H groups in total. The topological polar surface area (TPSA) is 48.1 Å². The molecule has 2 saturated heterocycles. The number of esters is 1. The van der Waals surface area contributed by atoms with Crippen molar-refractivity contribution in [3.05, 3.63) is 0 Å². The standard InChI is InChI=1S/C14H24O4/c1-5-7-14(11(15)16-6-2)13(18-14)8-9-17-12(3,4)10-13/h5-10H2,1-4H3. The van der Waals surface area contributed by atoms with Crippen LogP contribution >= 0.6 is 0 Å². The molecular formula is C14H24O4. The van der Waals surface area contributed by atoms with Crippen LogP contribution in [0.5, 0.6) is 0 Å². The van der Waals surface area contributed by atoms with E-state index in [0.717, 1.165) is 25.7 Å². The molecule has 2 heterocycles. The normalized spacial score (nSPS) is 37.6. The molecule has 0 aromatic carbocycles. The molecule has 4 heteroatoms. The summed E-state index contributed by atoms with van der Waals surface area (Å²) in [5, 5.41) is 0. The van der Waals surface area contributed by atoms with Gasteiger partial charge in [0.05, 0.1) is 18.8 Å². The van der Waals surface area contributed by atoms with E-state index in [9.17, 15) is 4.79 Å². The van der Waals surface area contributed by atoms with E-state index in [4.69, 9.17) is 14.2 Å². The molecule has 18 heavy (non-hydrogen) atoms. The Labute approximate surface area is 109 Å². The van der Waals surface area contributed by atoms with Gasteiger partial charge in [0.15, 0.2) is 5.60 Å². The molecule has 0 amide bonds. The van der Waals surface area contributed by atoms with Crippen LogP contribution in [0.1, 0.15) is 53.4 Å². The van der Waals surface area contributed by atoms with E-state index in [0.29, 0.717) is 13.2 Å². The summed E-state index contributed by atoms with van der Waals surface area (Å²) in [6, 6.07) is 0. The van der Waals surface area contributed by atoms with Gasteiger partial charge < -0.3 is 14.2 Å². The number of hydrogen-bond donors (Lipinski definition) is 0. The predicted molar refractivity (Wildman–Crippen MR) is 67.4 cm³/mol. The van der Waals surface area contributed by atoms with Crippen molar-refractivity contribution >= 4 is 5.97 Å². The van der Waals surface area contributed by atoms with Crippen molar-refractivity contribution < 1.29 is 19.0 Å². The first-order valence-electron chi connectivity index (χ1n) is 6.93. The van der Waals surface area contributed by atoms with Crippen molar-refractivity contribution in [2.75, 3.05) is 13.2 Å². The fraction of sp³-hybridized carbons (Fsp3) is 0.929. The molecule has 4 nitrogen and oxygen atoms in total. The minimum Gasteiger partial charge on any atom is -0.464 e. The molecule has 2 fully saturated rings. The third kappa shape index (κ3) is 2.05. The third-order valence-electron chi connectivity index (χ3n) is 3.98. The average Bonchev–Trinajstić information content (AvgIpc) is 2.85.